The summed E-state index contributed by atoms with van der Waals surface area (Å²) in [5.74, 6) is -0.203. The molecule has 2 N–H and O–H groups in total. The highest BCUT2D eigenvalue weighted by Gasteiger charge is 2.42. The van der Waals surface area contributed by atoms with Crippen LogP contribution in [0.1, 0.15) is 24.0 Å². The maximum absolute atomic E-state index is 12.5. The van der Waals surface area contributed by atoms with E-state index in [0.717, 1.165) is 11.1 Å². The summed E-state index contributed by atoms with van der Waals surface area (Å²) in [6, 6.07) is 14.9. The third-order valence-electron chi connectivity index (χ3n) is 5.34. The van der Waals surface area contributed by atoms with Crippen LogP contribution >= 0.6 is 11.6 Å². The van der Waals surface area contributed by atoms with Crippen LogP contribution in [-0.2, 0) is 9.59 Å². The van der Waals surface area contributed by atoms with Gasteiger partial charge in [-0.25, -0.2) is 0 Å². The van der Waals surface area contributed by atoms with Crippen molar-refractivity contribution in [2.24, 2.45) is 4.99 Å². The molecule has 7 heteroatoms. The van der Waals surface area contributed by atoms with Gasteiger partial charge in [0, 0.05) is 42.2 Å². The standard InChI is InChI=1S/C22H23ClN4O2/c1-15-4-2-5-16(12-15)20-21(29)26-22(25-20)8-10-27(11-9-22)14-19(28)24-18-7-3-6-17(23)13-18/h2-7,12-13H,8-11,14H2,1H3,(H,24,28)(H,26,29). The number of hydrogen-bond acceptors (Lipinski definition) is 4. The van der Waals surface area contributed by atoms with Gasteiger partial charge in [0.2, 0.25) is 5.91 Å². The molecule has 4 rings (SSSR count). The lowest BCUT2D eigenvalue weighted by Crippen LogP contribution is -2.52. The molecule has 2 aliphatic rings. The lowest BCUT2D eigenvalue weighted by molar-refractivity contribution is -0.119. The van der Waals surface area contributed by atoms with Gasteiger partial charge in [-0.2, -0.15) is 0 Å². The van der Waals surface area contributed by atoms with Crippen molar-refractivity contribution >= 4 is 34.8 Å². The second-order valence-corrected chi connectivity index (χ2v) is 8.09. The van der Waals surface area contributed by atoms with Crippen LogP contribution in [-0.4, -0.2) is 47.7 Å². The second-order valence-electron chi connectivity index (χ2n) is 7.65. The molecule has 6 nitrogen and oxygen atoms in total. The number of aryl methyl sites for hydroxylation is 1. The number of benzene rings is 2. The van der Waals surface area contributed by atoms with Crippen LogP contribution in [0.15, 0.2) is 53.5 Å². The average molecular weight is 411 g/mol. The second kappa shape index (κ2) is 7.97. The topological polar surface area (TPSA) is 73.8 Å². The first-order valence-corrected chi connectivity index (χ1v) is 10.1. The number of aliphatic imine (C=N–C) groups is 1. The van der Waals surface area contributed by atoms with Crippen molar-refractivity contribution in [1.82, 2.24) is 10.2 Å². The lowest BCUT2D eigenvalue weighted by atomic mass is 9.98. The van der Waals surface area contributed by atoms with Crippen molar-refractivity contribution in [1.29, 1.82) is 0 Å². The van der Waals surface area contributed by atoms with Crippen LogP contribution in [0.4, 0.5) is 5.69 Å². The summed E-state index contributed by atoms with van der Waals surface area (Å²) in [4.78, 5) is 31.7. The molecular weight excluding hydrogens is 388 g/mol. The molecule has 1 spiro atoms. The van der Waals surface area contributed by atoms with Gasteiger partial charge in [-0.05, 0) is 31.2 Å². The van der Waals surface area contributed by atoms with Crippen molar-refractivity contribution in [2.75, 3.05) is 25.0 Å². The molecule has 150 valence electrons. The van der Waals surface area contributed by atoms with Gasteiger partial charge in [0.15, 0.2) is 0 Å². The van der Waals surface area contributed by atoms with E-state index in [0.29, 0.717) is 48.9 Å². The number of likely N-dealkylation sites (tertiary alicyclic amines) is 1. The molecule has 29 heavy (non-hydrogen) atoms. The van der Waals surface area contributed by atoms with E-state index in [4.69, 9.17) is 16.6 Å². The van der Waals surface area contributed by atoms with E-state index in [9.17, 15) is 9.59 Å². The maximum atomic E-state index is 12.5. The van der Waals surface area contributed by atoms with Gasteiger partial charge in [-0.3, -0.25) is 19.5 Å². The molecule has 2 heterocycles. The largest absolute Gasteiger partial charge is 0.326 e. The van der Waals surface area contributed by atoms with Crippen LogP contribution in [0, 0.1) is 6.92 Å². The summed E-state index contributed by atoms with van der Waals surface area (Å²) in [5.41, 5.74) is 2.57. The number of carbonyl (C=O) groups excluding carboxylic acids is 2. The van der Waals surface area contributed by atoms with Gasteiger partial charge in [-0.1, -0.05) is 41.4 Å². The van der Waals surface area contributed by atoms with Crippen molar-refractivity contribution < 1.29 is 9.59 Å². The van der Waals surface area contributed by atoms with E-state index < -0.39 is 5.66 Å². The SMILES string of the molecule is Cc1cccc(C2=NC3(CCN(CC(=O)Nc4cccc(Cl)c4)CC3)NC2=O)c1. The number of carbonyl (C=O) groups is 2. The summed E-state index contributed by atoms with van der Waals surface area (Å²) in [6.07, 6.45) is 1.36. The van der Waals surface area contributed by atoms with Gasteiger partial charge in [-0.15, -0.1) is 0 Å². The van der Waals surface area contributed by atoms with Crippen molar-refractivity contribution in [2.45, 2.75) is 25.4 Å². The molecular formula is C22H23ClN4O2. The average Bonchev–Trinajstić information content (AvgIpc) is 3.00. The normalized spacial score (nSPS) is 18.4. The smallest absolute Gasteiger partial charge is 0.272 e. The Morgan fingerprint density at radius 1 is 1.21 bits per heavy atom. The summed E-state index contributed by atoms with van der Waals surface area (Å²) in [5, 5.41) is 6.53. The number of amides is 2. The van der Waals surface area contributed by atoms with Crippen molar-refractivity contribution in [3.05, 3.63) is 64.7 Å². The fourth-order valence-electron chi connectivity index (χ4n) is 3.84. The Morgan fingerprint density at radius 3 is 2.69 bits per heavy atom. The Balaban J connectivity index is 1.36. The first kappa shape index (κ1) is 19.6. The zero-order valence-electron chi connectivity index (χ0n) is 16.2. The molecule has 2 aliphatic heterocycles. The molecule has 0 unspecified atom stereocenters. The molecule has 0 bridgehead atoms. The molecule has 0 radical (unpaired) electrons. The number of anilines is 1. The first-order valence-electron chi connectivity index (χ1n) is 9.70. The molecule has 2 aromatic rings. The highest BCUT2D eigenvalue weighted by molar-refractivity contribution is 6.46. The summed E-state index contributed by atoms with van der Waals surface area (Å²) >= 11 is 5.96. The van der Waals surface area contributed by atoms with Crippen LogP contribution in [0.2, 0.25) is 5.02 Å². The Hall–Kier alpha value is -2.70. The minimum absolute atomic E-state index is 0.0809. The molecule has 2 amide bonds. The van der Waals surface area contributed by atoms with E-state index in [-0.39, 0.29) is 11.8 Å². The minimum Gasteiger partial charge on any atom is -0.326 e. The van der Waals surface area contributed by atoms with Crippen molar-refractivity contribution in [3.8, 4) is 0 Å². The lowest BCUT2D eigenvalue weighted by Gasteiger charge is -2.36. The van der Waals surface area contributed by atoms with E-state index in [1.165, 1.54) is 0 Å². The molecule has 2 aromatic carbocycles. The molecule has 0 aromatic heterocycles. The highest BCUT2D eigenvalue weighted by Crippen LogP contribution is 2.29. The van der Waals surface area contributed by atoms with Crippen LogP contribution < -0.4 is 10.6 Å². The number of rotatable bonds is 4. The van der Waals surface area contributed by atoms with Gasteiger partial charge in [0.05, 0.1) is 6.54 Å². The zero-order valence-corrected chi connectivity index (χ0v) is 17.0. The van der Waals surface area contributed by atoms with E-state index in [1.54, 1.807) is 18.2 Å². The molecule has 1 saturated heterocycles. The van der Waals surface area contributed by atoms with E-state index in [1.807, 2.05) is 37.3 Å². The zero-order chi connectivity index (χ0) is 20.4. The predicted molar refractivity (Wildman–Crippen MR) is 114 cm³/mol. The van der Waals surface area contributed by atoms with Gasteiger partial charge < -0.3 is 10.6 Å². The molecule has 0 aliphatic carbocycles. The van der Waals surface area contributed by atoms with E-state index >= 15 is 0 Å². The Kier molecular flexibility index (Phi) is 5.39. The number of halogens is 1. The fraction of sp³-hybridized carbons (Fsp3) is 0.318. The van der Waals surface area contributed by atoms with Crippen LogP contribution in [0.5, 0.6) is 0 Å². The Bertz CT molecular complexity index is 980. The third kappa shape index (κ3) is 4.49. The number of nitrogens with one attached hydrogen (secondary N) is 2. The number of hydrogen-bond donors (Lipinski definition) is 2. The monoisotopic (exact) mass is 410 g/mol. The summed E-state index contributed by atoms with van der Waals surface area (Å²) in [7, 11) is 0. The van der Waals surface area contributed by atoms with Gasteiger partial charge >= 0.3 is 0 Å². The Morgan fingerprint density at radius 2 is 1.97 bits per heavy atom. The van der Waals surface area contributed by atoms with Gasteiger partial charge in [0.25, 0.3) is 5.91 Å². The van der Waals surface area contributed by atoms with E-state index in [2.05, 4.69) is 15.5 Å². The van der Waals surface area contributed by atoms with Crippen LogP contribution in [0.25, 0.3) is 0 Å². The van der Waals surface area contributed by atoms with Gasteiger partial charge in [0.1, 0.15) is 11.4 Å². The third-order valence-corrected chi connectivity index (χ3v) is 5.57. The number of piperidine rings is 1. The quantitative estimate of drug-likeness (QED) is 0.813. The molecule has 0 saturated carbocycles. The maximum Gasteiger partial charge on any atom is 0.272 e. The first-order chi connectivity index (χ1) is 13.9. The molecule has 0 atom stereocenters. The van der Waals surface area contributed by atoms with Crippen molar-refractivity contribution in [3.63, 3.8) is 0 Å². The fourth-order valence-corrected chi connectivity index (χ4v) is 4.03. The highest BCUT2D eigenvalue weighted by atomic mass is 35.5. The summed E-state index contributed by atoms with van der Waals surface area (Å²) in [6.45, 7) is 3.67. The summed E-state index contributed by atoms with van der Waals surface area (Å²) < 4.78 is 0. The predicted octanol–water partition coefficient (Wildman–Crippen LogP) is 3.00. The van der Waals surface area contributed by atoms with Crippen LogP contribution in [0.3, 0.4) is 0 Å². The number of nitrogens with zero attached hydrogens (tertiary/aromatic N) is 2. The Labute approximate surface area is 175 Å². The molecule has 1 fully saturated rings. The minimum atomic E-state index is -0.559.